The zero-order valence-electron chi connectivity index (χ0n) is 16.5. The fourth-order valence-electron chi connectivity index (χ4n) is 2.99. The molecule has 2 aromatic rings. The first-order chi connectivity index (χ1) is 14.0. The summed E-state index contributed by atoms with van der Waals surface area (Å²) in [6.07, 6.45) is 2.26. The molecule has 0 aromatic heterocycles. The number of urea groups is 1. The first kappa shape index (κ1) is 20.1. The van der Waals surface area contributed by atoms with Crippen molar-refractivity contribution in [3.05, 3.63) is 59.2 Å². The summed E-state index contributed by atoms with van der Waals surface area (Å²) in [6, 6.07) is 11.3. The fourth-order valence-corrected chi connectivity index (χ4v) is 2.99. The number of nitrogens with zero attached hydrogens (tertiary/aromatic N) is 1. The SMILES string of the molecule is CCOc1ccc(/C=C2/C(=O)NC(=O)N(c3ccc(CC)cc3)C2=O)cc1OC. The van der Waals surface area contributed by atoms with Crippen molar-refractivity contribution in [2.24, 2.45) is 0 Å². The second kappa shape index (κ2) is 8.60. The van der Waals surface area contributed by atoms with Crippen molar-refractivity contribution in [1.82, 2.24) is 5.32 Å². The molecule has 1 N–H and O–H groups in total. The Hall–Kier alpha value is -3.61. The van der Waals surface area contributed by atoms with Crippen molar-refractivity contribution in [2.75, 3.05) is 18.6 Å². The lowest BCUT2D eigenvalue weighted by Gasteiger charge is -2.26. The molecular formula is C22H22N2O5. The van der Waals surface area contributed by atoms with Crippen LogP contribution in [0.1, 0.15) is 25.0 Å². The van der Waals surface area contributed by atoms with Crippen LogP contribution in [0.15, 0.2) is 48.0 Å². The van der Waals surface area contributed by atoms with Crippen molar-refractivity contribution >= 4 is 29.6 Å². The summed E-state index contributed by atoms with van der Waals surface area (Å²) in [4.78, 5) is 38.5. The number of amides is 4. The summed E-state index contributed by atoms with van der Waals surface area (Å²) in [6.45, 7) is 4.35. The Labute approximate surface area is 168 Å². The van der Waals surface area contributed by atoms with Crippen LogP contribution in [0.2, 0.25) is 0 Å². The highest BCUT2D eigenvalue weighted by Gasteiger charge is 2.36. The van der Waals surface area contributed by atoms with Gasteiger partial charge >= 0.3 is 6.03 Å². The van der Waals surface area contributed by atoms with E-state index in [1.54, 1.807) is 30.3 Å². The molecule has 29 heavy (non-hydrogen) atoms. The first-order valence-electron chi connectivity index (χ1n) is 9.29. The minimum atomic E-state index is -0.773. The molecule has 0 atom stereocenters. The Balaban J connectivity index is 1.96. The van der Waals surface area contributed by atoms with Gasteiger partial charge in [-0.05, 0) is 54.8 Å². The van der Waals surface area contributed by atoms with E-state index in [9.17, 15) is 14.4 Å². The van der Waals surface area contributed by atoms with Gasteiger partial charge in [-0.1, -0.05) is 25.1 Å². The molecular weight excluding hydrogens is 372 g/mol. The van der Waals surface area contributed by atoms with Gasteiger partial charge in [0.2, 0.25) is 0 Å². The molecule has 1 aliphatic heterocycles. The maximum Gasteiger partial charge on any atom is 0.335 e. The average Bonchev–Trinajstić information content (AvgIpc) is 2.72. The van der Waals surface area contributed by atoms with E-state index in [-0.39, 0.29) is 5.57 Å². The van der Waals surface area contributed by atoms with E-state index in [1.165, 1.54) is 13.2 Å². The van der Waals surface area contributed by atoms with Gasteiger partial charge in [0.15, 0.2) is 11.5 Å². The van der Waals surface area contributed by atoms with Gasteiger partial charge < -0.3 is 9.47 Å². The number of barbiturate groups is 1. The molecule has 0 unspecified atom stereocenters. The maximum atomic E-state index is 12.9. The number of ether oxygens (including phenoxy) is 2. The Morgan fingerprint density at radius 1 is 1.00 bits per heavy atom. The van der Waals surface area contributed by atoms with E-state index in [2.05, 4.69) is 5.32 Å². The number of aryl methyl sites for hydroxylation is 1. The van der Waals surface area contributed by atoms with E-state index in [1.807, 2.05) is 26.0 Å². The fraction of sp³-hybridized carbons (Fsp3) is 0.227. The number of benzene rings is 2. The van der Waals surface area contributed by atoms with Crippen LogP contribution in [0.25, 0.3) is 6.08 Å². The van der Waals surface area contributed by atoms with Gasteiger partial charge in [-0.3, -0.25) is 14.9 Å². The van der Waals surface area contributed by atoms with E-state index < -0.39 is 17.8 Å². The largest absolute Gasteiger partial charge is 0.493 e. The minimum Gasteiger partial charge on any atom is -0.493 e. The highest BCUT2D eigenvalue weighted by Crippen LogP contribution is 2.30. The Morgan fingerprint density at radius 2 is 1.72 bits per heavy atom. The van der Waals surface area contributed by atoms with Gasteiger partial charge in [-0.15, -0.1) is 0 Å². The first-order valence-corrected chi connectivity index (χ1v) is 9.29. The van der Waals surface area contributed by atoms with Crippen molar-refractivity contribution in [1.29, 1.82) is 0 Å². The number of hydrogen-bond acceptors (Lipinski definition) is 5. The Morgan fingerprint density at radius 3 is 2.34 bits per heavy atom. The van der Waals surface area contributed by atoms with Crippen molar-refractivity contribution in [3.63, 3.8) is 0 Å². The number of imide groups is 2. The van der Waals surface area contributed by atoms with Crippen LogP contribution in [-0.2, 0) is 16.0 Å². The summed E-state index contributed by atoms with van der Waals surface area (Å²) in [5.41, 5.74) is 1.90. The number of nitrogens with one attached hydrogen (secondary N) is 1. The maximum absolute atomic E-state index is 12.9. The molecule has 2 aromatic carbocycles. The molecule has 0 saturated carbocycles. The zero-order chi connectivity index (χ0) is 21.0. The van der Waals surface area contributed by atoms with Crippen LogP contribution in [0.4, 0.5) is 10.5 Å². The van der Waals surface area contributed by atoms with Crippen LogP contribution >= 0.6 is 0 Å². The molecule has 0 radical (unpaired) electrons. The summed E-state index contributed by atoms with van der Waals surface area (Å²) in [5.74, 6) is -0.387. The molecule has 7 heteroatoms. The van der Waals surface area contributed by atoms with Crippen LogP contribution < -0.4 is 19.7 Å². The summed E-state index contributed by atoms with van der Waals surface area (Å²) < 4.78 is 10.8. The quantitative estimate of drug-likeness (QED) is 0.600. The molecule has 150 valence electrons. The standard InChI is InChI=1S/C22H22N2O5/c1-4-14-6-9-16(10-7-14)24-21(26)17(20(25)23-22(24)27)12-15-8-11-18(29-5-2)19(13-15)28-3/h6-13H,4-5H2,1-3H3,(H,23,25,27)/b17-12-. The molecule has 0 aliphatic carbocycles. The lowest BCUT2D eigenvalue weighted by Crippen LogP contribution is -2.54. The molecule has 1 saturated heterocycles. The molecule has 0 spiro atoms. The number of carbonyl (C=O) groups is 3. The van der Waals surface area contributed by atoms with E-state index in [4.69, 9.17) is 9.47 Å². The molecule has 1 fully saturated rings. The van der Waals surface area contributed by atoms with Crippen molar-refractivity contribution in [3.8, 4) is 11.5 Å². The summed E-state index contributed by atoms with van der Waals surface area (Å²) in [7, 11) is 1.51. The molecule has 4 amide bonds. The second-order valence-corrected chi connectivity index (χ2v) is 6.32. The lowest BCUT2D eigenvalue weighted by molar-refractivity contribution is -0.122. The summed E-state index contributed by atoms with van der Waals surface area (Å²) >= 11 is 0. The van der Waals surface area contributed by atoms with E-state index in [0.29, 0.717) is 29.4 Å². The van der Waals surface area contributed by atoms with Crippen LogP contribution in [0.5, 0.6) is 11.5 Å². The van der Waals surface area contributed by atoms with Gasteiger partial charge in [-0.25, -0.2) is 9.69 Å². The second-order valence-electron chi connectivity index (χ2n) is 6.32. The Bertz CT molecular complexity index is 979. The van der Waals surface area contributed by atoms with Gasteiger partial charge in [0.1, 0.15) is 5.57 Å². The van der Waals surface area contributed by atoms with E-state index >= 15 is 0 Å². The van der Waals surface area contributed by atoms with Crippen LogP contribution in [0, 0.1) is 0 Å². The zero-order valence-corrected chi connectivity index (χ0v) is 16.5. The molecule has 1 aliphatic rings. The highest BCUT2D eigenvalue weighted by molar-refractivity contribution is 6.39. The van der Waals surface area contributed by atoms with Gasteiger partial charge in [0.25, 0.3) is 11.8 Å². The van der Waals surface area contributed by atoms with Crippen molar-refractivity contribution < 1.29 is 23.9 Å². The normalized spacial score (nSPS) is 15.5. The number of methoxy groups -OCH3 is 1. The van der Waals surface area contributed by atoms with Crippen molar-refractivity contribution in [2.45, 2.75) is 20.3 Å². The number of anilines is 1. The average molecular weight is 394 g/mol. The predicted molar refractivity (Wildman–Crippen MR) is 109 cm³/mol. The monoisotopic (exact) mass is 394 g/mol. The van der Waals surface area contributed by atoms with E-state index in [0.717, 1.165) is 16.9 Å². The minimum absolute atomic E-state index is 0.143. The topological polar surface area (TPSA) is 84.9 Å². The third-order valence-electron chi connectivity index (χ3n) is 4.50. The number of rotatable bonds is 6. The molecule has 3 rings (SSSR count). The third-order valence-corrected chi connectivity index (χ3v) is 4.50. The van der Waals surface area contributed by atoms with Crippen LogP contribution in [-0.4, -0.2) is 31.6 Å². The molecule has 1 heterocycles. The Kier molecular flexibility index (Phi) is 5.97. The molecule has 0 bridgehead atoms. The van der Waals surface area contributed by atoms with Gasteiger partial charge in [0, 0.05) is 0 Å². The number of carbonyl (C=O) groups excluding carboxylic acids is 3. The number of hydrogen-bond donors (Lipinski definition) is 1. The summed E-state index contributed by atoms with van der Waals surface area (Å²) in [5, 5.41) is 2.22. The predicted octanol–water partition coefficient (Wildman–Crippen LogP) is 3.32. The lowest BCUT2D eigenvalue weighted by atomic mass is 10.1. The van der Waals surface area contributed by atoms with Gasteiger partial charge in [0.05, 0.1) is 19.4 Å². The van der Waals surface area contributed by atoms with Gasteiger partial charge in [-0.2, -0.15) is 0 Å². The third kappa shape index (κ3) is 4.13. The van der Waals surface area contributed by atoms with Crippen LogP contribution in [0.3, 0.4) is 0 Å². The highest BCUT2D eigenvalue weighted by atomic mass is 16.5. The smallest absolute Gasteiger partial charge is 0.335 e. The molecule has 7 nitrogen and oxygen atoms in total.